The van der Waals surface area contributed by atoms with E-state index in [0.717, 1.165) is 54.0 Å². The van der Waals surface area contributed by atoms with Gasteiger partial charge in [0.25, 0.3) is 0 Å². The highest BCUT2D eigenvalue weighted by Gasteiger charge is 2.21. The number of aromatic amines is 1. The fraction of sp³-hybridized carbons (Fsp3) is 0.207. The summed E-state index contributed by atoms with van der Waals surface area (Å²) in [5.41, 5.74) is 5.03. The number of aromatic nitrogens is 3. The molecule has 2 aromatic heterocycles. The molecule has 2 aromatic carbocycles. The van der Waals surface area contributed by atoms with E-state index in [0.29, 0.717) is 23.1 Å². The Kier molecular flexibility index (Phi) is 7.37. The number of benzene rings is 2. The second kappa shape index (κ2) is 11.2. The molecule has 3 N–H and O–H groups in total. The number of nitrogens with one attached hydrogen (secondary N) is 3. The molecule has 0 atom stereocenters. The first-order valence-corrected chi connectivity index (χ1v) is 12.5. The number of likely N-dealkylation sites (N-methyl/N-ethyl adjacent to an activating group) is 1. The molecule has 0 unspecified atom stereocenters. The van der Waals surface area contributed by atoms with Gasteiger partial charge < -0.3 is 30.2 Å². The first-order chi connectivity index (χ1) is 18.6. The van der Waals surface area contributed by atoms with E-state index in [2.05, 4.69) is 50.1 Å². The molecule has 0 radical (unpaired) electrons. The minimum absolute atomic E-state index is 0.242. The Bertz CT molecular complexity index is 1490. The number of anilines is 4. The number of H-pyrrole nitrogens is 1. The van der Waals surface area contributed by atoms with Crippen molar-refractivity contribution in [2.75, 3.05) is 55.9 Å². The van der Waals surface area contributed by atoms with Crippen molar-refractivity contribution in [3.05, 3.63) is 79.7 Å². The van der Waals surface area contributed by atoms with E-state index in [4.69, 9.17) is 9.72 Å². The number of carbonyl (C=O) groups excluding carboxylic acids is 1. The maximum absolute atomic E-state index is 12.6. The number of ether oxygens (including phenoxy) is 1. The van der Waals surface area contributed by atoms with Crippen LogP contribution < -0.4 is 20.3 Å². The van der Waals surface area contributed by atoms with Crippen LogP contribution in [0.2, 0.25) is 0 Å². The molecule has 0 saturated carbocycles. The first-order valence-electron chi connectivity index (χ1n) is 12.5. The van der Waals surface area contributed by atoms with Crippen molar-refractivity contribution in [1.82, 2.24) is 19.9 Å². The van der Waals surface area contributed by atoms with Crippen LogP contribution in [0.4, 0.5) is 23.0 Å². The lowest BCUT2D eigenvalue weighted by Crippen LogP contribution is -2.44. The highest BCUT2D eigenvalue weighted by Crippen LogP contribution is 2.39. The Hall–Kier alpha value is -4.63. The number of fused-ring (bicyclic) bond motifs is 1. The van der Waals surface area contributed by atoms with Gasteiger partial charge in [-0.1, -0.05) is 36.9 Å². The number of allylic oxidation sites excluding steroid dienone is 2. The minimum Gasteiger partial charge on any atom is -0.494 e. The van der Waals surface area contributed by atoms with Gasteiger partial charge in [0.05, 0.1) is 29.9 Å². The molecule has 38 heavy (non-hydrogen) atoms. The van der Waals surface area contributed by atoms with Crippen molar-refractivity contribution in [3.8, 4) is 17.0 Å². The molecule has 1 aliphatic heterocycles. The molecular weight excluding hydrogens is 478 g/mol. The Morgan fingerprint density at radius 1 is 1.13 bits per heavy atom. The lowest BCUT2D eigenvalue weighted by Gasteiger charge is -2.35. The highest BCUT2D eigenvalue weighted by molar-refractivity contribution is 6.02. The van der Waals surface area contributed by atoms with E-state index in [9.17, 15) is 4.79 Å². The lowest BCUT2D eigenvalue weighted by atomic mass is 10.1. The van der Waals surface area contributed by atoms with Crippen LogP contribution in [0.25, 0.3) is 22.2 Å². The van der Waals surface area contributed by atoms with Crippen LogP contribution >= 0.6 is 0 Å². The quantitative estimate of drug-likeness (QED) is 0.232. The Morgan fingerprint density at radius 2 is 1.95 bits per heavy atom. The normalized spacial score (nSPS) is 14.1. The standard InChI is InChI=1S/C29H31N7O2/c1-4-5-10-28(37)32-24-17-25(27(38-3)18-26(24)36-15-13-35(2)14-16-36)34-29-30-12-11-23(33-29)21-19-31-22-9-7-6-8-20(21)22/h4-12,17-19,31H,1,13-16H2,2-3H3,(H,32,37)(H,30,33,34)/b10-5-. The van der Waals surface area contributed by atoms with E-state index >= 15 is 0 Å². The molecule has 5 rings (SSSR count). The number of hydrogen-bond donors (Lipinski definition) is 3. The van der Waals surface area contributed by atoms with Crippen LogP contribution in [0.15, 0.2) is 79.7 Å². The second-order valence-electron chi connectivity index (χ2n) is 9.08. The van der Waals surface area contributed by atoms with Gasteiger partial charge in [0, 0.05) is 67.2 Å². The van der Waals surface area contributed by atoms with Gasteiger partial charge in [-0.2, -0.15) is 0 Å². The fourth-order valence-corrected chi connectivity index (χ4v) is 4.55. The average molecular weight is 510 g/mol. The Morgan fingerprint density at radius 3 is 2.74 bits per heavy atom. The van der Waals surface area contributed by atoms with E-state index in [1.165, 1.54) is 6.08 Å². The van der Waals surface area contributed by atoms with Crippen molar-refractivity contribution >= 4 is 39.8 Å². The van der Waals surface area contributed by atoms with Gasteiger partial charge in [-0.3, -0.25) is 4.79 Å². The first kappa shape index (κ1) is 25.0. The van der Waals surface area contributed by atoms with Crippen LogP contribution in [0.1, 0.15) is 0 Å². The van der Waals surface area contributed by atoms with Crippen LogP contribution in [0.3, 0.4) is 0 Å². The van der Waals surface area contributed by atoms with Crippen molar-refractivity contribution in [2.24, 2.45) is 0 Å². The van der Waals surface area contributed by atoms with E-state index < -0.39 is 0 Å². The zero-order chi connectivity index (χ0) is 26.5. The molecule has 9 nitrogen and oxygen atoms in total. The zero-order valence-electron chi connectivity index (χ0n) is 21.6. The molecule has 4 aromatic rings. The van der Waals surface area contributed by atoms with Gasteiger partial charge in [0.2, 0.25) is 11.9 Å². The molecule has 1 amide bonds. The summed E-state index contributed by atoms with van der Waals surface area (Å²) in [6, 6.07) is 13.8. The van der Waals surface area contributed by atoms with Crippen LogP contribution in [0, 0.1) is 0 Å². The van der Waals surface area contributed by atoms with Crippen LogP contribution in [-0.4, -0.2) is 66.1 Å². The number of rotatable bonds is 8. The summed E-state index contributed by atoms with van der Waals surface area (Å²) < 4.78 is 5.76. The SMILES string of the molecule is C=C/C=C\C(=O)Nc1cc(Nc2nccc(-c3c[nH]c4ccccc34)n2)c(OC)cc1N1CCN(C)CC1. The Labute approximate surface area is 221 Å². The minimum atomic E-state index is -0.242. The summed E-state index contributed by atoms with van der Waals surface area (Å²) in [5.74, 6) is 0.802. The monoisotopic (exact) mass is 509 g/mol. The van der Waals surface area contributed by atoms with E-state index in [1.54, 1.807) is 25.5 Å². The molecular formula is C29H31N7O2. The molecule has 3 heterocycles. The number of hydrogen-bond acceptors (Lipinski definition) is 7. The molecule has 1 fully saturated rings. The third kappa shape index (κ3) is 5.37. The summed E-state index contributed by atoms with van der Waals surface area (Å²) in [5, 5.41) is 7.40. The van der Waals surface area contributed by atoms with E-state index in [1.807, 2.05) is 42.6 Å². The van der Waals surface area contributed by atoms with Gasteiger partial charge in [-0.25, -0.2) is 9.97 Å². The predicted octanol–water partition coefficient (Wildman–Crippen LogP) is 4.81. The summed E-state index contributed by atoms with van der Waals surface area (Å²) >= 11 is 0. The van der Waals surface area contributed by atoms with Crippen molar-refractivity contribution in [2.45, 2.75) is 0 Å². The topological polar surface area (TPSA) is 98.4 Å². The Balaban J connectivity index is 1.49. The van der Waals surface area contributed by atoms with Crippen LogP contribution in [0.5, 0.6) is 5.75 Å². The van der Waals surface area contributed by atoms with Crippen molar-refractivity contribution in [1.29, 1.82) is 0 Å². The lowest BCUT2D eigenvalue weighted by molar-refractivity contribution is -0.111. The third-order valence-corrected chi connectivity index (χ3v) is 6.57. The fourth-order valence-electron chi connectivity index (χ4n) is 4.55. The molecule has 194 valence electrons. The number of para-hydroxylation sites is 1. The summed E-state index contributed by atoms with van der Waals surface area (Å²) in [7, 11) is 3.74. The number of amides is 1. The van der Waals surface area contributed by atoms with Crippen molar-refractivity contribution < 1.29 is 9.53 Å². The molecule has 9 heteroatoms. The average Bonchev–Trinajstić information content (AvgIpc) is 3.37. The van der Waals surface area contributed by atoms with Gasteiger partial charge in [0.15, 0.2) is 0 Å². The second-order valence-corrected chi connectivity index (χ2v) is 9.08. The van der Waals surface area contributed by atoms with Gasteiger partial charge in [-0.15, -0.1) is 0 Å². The summed E-state index contributed by atoms with van der Waals surface area (Å²) in [6.45, 7) is 7.19. The predicted molar refractivity (Wildman–Crippen MR) is 153 cm³/mol. The molecule has 0 aliphatic carbocycles. The van der Waals surface area contributed by atoms with Gasteiger partial charge in [-0.05, 0) is 25.2 Å². The summed E-state index contributed by atoms with van der Waals surface area (Å²) in [4.78, 5) is 29.7. The van der Waals surface area contributed by atoms with Gasteiger partial charge >= 0.3 is 0 Å². The third-order valence-electron chi connectivity index (χ3n) is 6.57. The highest BCUT2D eigenvalue weighted by atomic mass is 16.5. The maximum atomic E-state index is 12.6. The number of piperazine rings is 1. The summed E-state index contributed by atoms with van der Waals surface area (Å²) in [6.07, 6.45) is 8.30. The smallest absolute Gasteiger partial charge is 0.248 e. The largest absolute Gasteiger partial charge is 0.494 e. The molecule has 1 aliphatic rings. The van der Waals surface area contributed by atoms with Crippen LogP contribution in [-0.2, 0) is 4.79 Å². The zero-order valence-corrected chi connectivity index (χ0v) is 21.6. The number of nitrogens with zero attached hydrogens (tertiary/aromatic N) is 4. The maximum Gasteiger partial charge on any atom is 0.248 e. The van der Waals surface area contributed by atoms with E-state index in [-0.39, 0.29) is 5.91 Å². The molecule has 0 bridgehead atoms. The van der Waals surface area contributed by atoms with Gasteiger partial charge in [0.1, 0.15) is 5.75 Å². The number of methoxy groups -OCH3 is 1. The van der Waals surface area contributed by atoms with Crippen molar-refractivity contribution in [3.63, 3.8) is 0 Å². The number of carbonyl (C=O) groups is 1. The molecule has 1 saturated heterocycles. The molecule has 0 spiro atoms.